The predicted octanol–water partition coefficient (Wildman–Crippen LogP) is 3.81. The molecule has 2 aliphatic rings. The zero-order chi connectivity index (χ0) is 20.8. The van der Waals surface area contributed by atoms with E-state index in [2.05, 4.69) is 23.1 Å². The highest BCUT2D eigenvalue weighted by atomic mass is 32.2. The van der Waals surface area contributed by atoms with Crippen LogP contribution in [0.2, 0.25) is 0 Å². The van der Waals surface area contributed by atoms with E-state index in [0.717, 1.165) is 42.2 Å². The van der Waals surface area contributed by atoms with Crippen molar-refractivity contribution in [1.82, 2.24) is 9.80 Å². The Balaban J connectivity index is 1.41. The van der Waals surface area contributed by atoms with E-state index in [1.165, 1.54) is 5.56 Å². The van der Waals surface area contributed by atoms with Gasteiger partial charge in [-0.05, 0) is 30.5 Å². The van der Waals surface area contributed by atoms with E-state index in [1.54, 1.807) is 11.8 Å². The fourth-order valence-corrected chi connectivity index (χ4v) is 5.15. The van der Waals surface area contributed by atoms with Gasteiger partial charge in [0.2, 0.25) is 0 Å². The van der Waals surface area contributed by atoms with Gasteiger partial charge >= 0.3 is 0 Å². The molecule has 5 nitrogen and oxygen atoms in total. The lowest BCUT2D eigenvalue weighted by Crippen LogP contribution is -2.53. The second-order valence-electron chi connectivity index (χ2n) is 7.79. The third-order valence-corrected chi connectivity index (χ3v) is 6.93. The maximum Gasteiger partial charge on any atom is 0.255 e. The van der Waals surface area contributed by atoms with Gasteiger partial charge in [0.15, 0.2) is 0 Å². The van der Waals surface area contributed by atoms with Gasteiger partial charge < -0.3 is 9.64 Å². The number of ether oxygens (including phenoxy) is 1. The molecule has 6 heteroatoms. The maximum atomic E-state index is 13.3. The molecular weight excluding hydrogens is 394 g/mol. The Kier molecular flexibility index (Phi) is 7.06. The number of piperazine rings is 1. The SMILES string of the molecule is N#CC1CN(C(=O)c2ccccc2SCC2CCCO2)CCN1Cc1ccccc1. The topological polar surface area (TPSA) is 56.6 Å². The van der Waals surface area contributed by atoms with Gasteiger partial charge in [-0.2, -0.15) is 5.26 Å². The molecule has 0 bridgehead atoms. The van der Waals surface area contributed by atoms with Crippen LogP contribution in [0, 0.1) is 11.3 Å². The number of carbonyl (C=O) groups excluding carboxylic acids is 1. The van der Waals surface area contributed by atoms with Crippen molar-refractivity contribution in [2.24, 2.45) is 0 Å². The number of amides is 1. The Hall–Kier alpha value is -2.33. The van der Waals surface area contributed by atoms with Crippen molar-refractivity contribution in [2.75, 3.05) is 32.0 Å². The fourth-order valence-electron chi connectivity index (χ4n) is 4.03. The molecule has 0 spiro atoms. The number of rotatable bonds is 6. The van der Waals surface area contributed by atoms with Crippen LogP contribution in [0.1, 0.15) is 28.8 Å². The van der Waals surface area contributed by atoms with Gasteiger partial charge in [-0.1, -0.05) is 42.5 Å². The minimum absolute atomic E-state index is 0.0186. The summed E-state index contributed by atoms with van der Waals surface area (Å²) >= 11 is 1.70. The standard InChI is InChI=1S/C24H27N3O2S/c25-15-20-17-27(13-12-26(20)16-19-7-2-1-3-8-19)24(28)22-10-4-5-11-23(22)30-18-21-9-6-14-29-21/h1-5,7-8,10-11,20-21H,6,9,12-14,16-18H2. The normalized spacial score (nSPS) is 22.0. The van der Waals surface area contributed by atoms with Gasteiger partial charge in [0.1, 0.15) is 6.04 Å². The highest BCUT2D eigenvalue weighted by Crippen LogP contribution is 2.28. The van der Waals surface area contributed by atoms with Crippen LogP contribution in [0.5, 0.6) is 0 Å². The van der Waals surface area contributed by atoms with E-state index in [4.69, 9.17) is 4.74 Å². The molecule has 2 aromatic rings. The van der Waals surface area contributed by atoms with E-state index in [-0.39, 0.29) is 18.1 Å². The van der Waals surface area contributed by atoms with Crippen LogP contribution < -0.4 is 0 Å². The smallest absolute Gasteiger partial charge is 0.255 e. The molecule has 2 saturated heterocycles. The fraction of sp³-hybridized carbons (Fsp3) is 0.417. The molecule has 0 aliphatic carbocycles. The second-order valence-corrected chi connectivity index (χ2v) is 8.86. The Morgan fingerprint density at radius 2 is 1.93 bits per heavy atom. The Bertz CT molecular complexity index is 893. The molecule has 2 atom stereocenters. The van der Waals surface area contributed by atoms with Crippen molar-refractivity contribution < 1.29 is 9.53 Å². The van der Waals surface area contributed by atoms with Crippen molar-refractivity contribution in [1.29, 1.82) is 5.26 Å². The van der Waals surface area contributed by atoms with E-state index in [9.17, 15) is 10.1 Å². The van der Waals surface area contributed by atoms with Crippen molar-refractivity contribution in [3.05, 3.63) is 65.7 Å². The second kappa shape index (κ2) is 10.1. The molecule has 2 unspecified atom stereocenters. The first-order valence-electron chi connectivity index (χ1n) is 10.5. The van der Waals surface area contributed by atoms with Crippen LogP contribution in [0.3, 0.4) is 0 Å². The van der Waals surface area contributed by atoms with Gasteiger partial charge in [0.25, 0.3) is 5.91 Å². The maximum absolute atomic E-state index is 13.3. The monoisotopic (exact) mass is 421 g/mol. The van der Waals surface area contributed by atoms with Crippen molar-refractivity contribution >= 4 is 17.7 Å². The lowest BCUT2D eigenvalue weighted by molar-refractivity contribution is 0.0549. The summed E-state index contributed by atoms with van der Waals surface area (Å²) < 4.78 is 5.72. The quantitative estimate of drug-likeness (QED) is 0.664. The molecule has 2 heterocycles. The van der Waals surface area contributed by atoms with Crippen molar-refractivity contribution in [3.63, 3.8) is 0 Å². The summed E-state index contributed by atoms with van der Waals surface area (Å²) in [7, 11) is 0. The lowest BCUT2D eigenvalue weighted by Gasteiger charge is -2.38. The Labute approximate surface area is 182 Å². The number of benzene rings is 2. The molecule has 4 rings (SSSR count). The average molecular weight is 422 g/mol. The molecular formula is C24H27N3O2S. The first-order chi connectivity index (χ1) is 14.7. The summed E-state index contributed by atoms with van der Waals surface area (Å²) in [5.41, 5.74) is 1.92. The summed E-state index contributed by atoms with van der Waals surface area (Å²) in [5.74, 6) is 0.890. The largest absolute Gasteiger partial charge is 0.377 e. The third-order valence-electron chi connectivity index (χ3n) is 5.72. The molecule has 0 N–H and O–H groups in total. The van der Waals surface area contributed by atoms with Gasteiger partial charge in [-0.15, -0.1) is 11.8 Å². The first kappa shape index (κ1) is 20.9. The van der Waals surface area contributed by atoms with Crippen LogP contribution >= 0.6 is 11.8 Å². The number of carbonyl (C=O) groups is 1. The van der Waals surface area contributed by atoms with E-state index < -0.39 is 0 Å². The lowest BCUT2D eigenvalue weighted by atomic mass is 10.1. The first-order valence-corrected chi connectivity index (χ1v) is 11.5. The van der Waals surface area contributed by atoms with E-state index in [1.807, 2.05) is 47.4 Å². The van der Waals surface area contributed by atoms with Crippen LogP contribution in [0.15, 0.2) is 59.5 Å². The molecule has 0 radical (unpaired) electrons. The zero-order valence-electron chi connectivity index (χ0n) is 17.1. The van der Waals surface area contributed by atoms with E-state index >= 15 is 0 Å². The van der Waals surface area contributed by atoms with E-state index in [0.29, 0.717) is 19.6 Å². The molecule has 1 amide bonds. The minimum atomic E-state index is -0.297. The minimum Gasteiger partial charge on any atom is -0.377 e. The Morgan fingerprint density at radius 1 is 1.13 bits per heavy atom. The number of nitrogens with zero attached hydrogens (tertiary/aromatic N) is 3. The molecule has 2 aliphatic heterocycles. The molecule has 2 aromatic carbocycles. The Morgan fingerprint density at radius 3 is 2.70 bits per heavy atom. The highest BCUT2D eigenvalue weighted by molar-refractivity contribution is 7.99. The van der Waals surface area contributed by atoms with Gasteiger partial charge in [0, 0.05) is 43.4 Å². The van der Waals surface area contributed by atoms with Crippen LogP contribution in [0.4, 0.5) is 0 Å². The molecule has 156 valence electrons. The van der Waals surface area contributed by atoms with Crippen molar-refractivity contribution in [2.45, 2.75) is 36.4 Å². The number of thioether (sulfide) groups is 1. The van der Waals surface area contributed by atoms with Crippen LogP contribution in [-0.2, 0) is 11.3 Å². The molecule has 0 aromatic heterocycles. The summed E-state index contributed by atoms with van der Waals surface area (Å²) in [4.78, 5) is 18.3. The summed E-state index contributed by atoms with van der Waals surface area (Å²) in [6.45, 7) is 3.34. The third kappa shape index (κ3) is 5.04. The van der Waals surface area contributed by atoms with Crippen LogP contribution in [-0.4, -0.2) is 59.8 Å². The summed E-state index contributed by atoms with van der Waals surface area (Å²) in [5, 5.41) is 9.72. The van der Waals surface area contributed by atoms with Gasteiger partial charge in [0.05, 0.1) is 17.7 Å². The van der Waals surface area contributed by atoms with Gasteiger partial charge in [-0.25, -0.2) is 0 Å². The highest BCUT2D eigenvalue weighted by Gasteiger charge is 2.31. The number of hydrogen-bond acceptors (Lipinski definition) is 5. The molecule has 30 heavy (non-hydrogen) atoms. The average Bonchev–Trinajstić information content (AvgIpc) is 3.32. The number of nitriles is 1. The number of hydrogen-bond donors (Lipinski definition) is 0. The summed E-state index contributed by atoms with van der Waals surface area (Å²) in [6.07, 6.45) is 2.49. The zero-order valence-corrected chi connectivity index (χ0v) is 17.9. The van der Waals surface area contributed by atoms with Crippen molar-refractivity contribution in [3.8, 4) is 6.07 Å². The molecule has 0 saturated carbocycles. The summed E-state index contributed by atoms with van der Waals surface area (Å²) in [6, 6.07) is 20.1. The van der Waals surface area contributed by atoms with Crippen LogP contribution in [0.25, 0.3) is 0 Å². The molecule has 2 fully saturated rings. The predicted molar refractivity (Wildman–Crippen MR) is 118 cm³/mol. The van der Waals surface area contributed by atoms with Gasteiger partial charge in [-0.3, -0.25) is 9.69 Å².